The summed E-state index contributed by atoms with van der Waals surface area (Å²) >= 11 is 0. The zero-order valence-corrected chi connectivity index (χ0v) is 14.3. The molecule has 7 nitrogen and oxygen atoms in total. The summed E-state index contributed by atoms with van der Waals surface area (Å²) in [6.07, 6.45) is 3.70. The number of carbonyl (C=O) groups is 1. The van der Waals surface area contributed by atoms with E-state index in [1.165, 1.54) is 11.8 Å². The molecule has 0 spiro atoms. The Morgan fingerprint density at radius 1 is 1.32 bits per heavy atom. The smallest absolute Gasteiger partial charge is 0.226 e. The molecule has 0 aromatic heterocycles. The first-order valence-electron chi connectivity index (χ1n) is 7.85. The molecule has 0 unspecified atom stereocenters. The number of carbonyl (C=O) groups excluding carboxylic acids is 1. The number of aliphatic imine (C=N–C) groups is 1. The molecule has 7 heteroatoms. The Kier molecular flexibility index (Phi) is 3.94. The third-order valence-electron chi connectivity index (χ3n) is 4.09. The first-order valence-corrected chi connectivity index (χ1v) is 7.85. The molecule has 0 saturated carbocycles. The van der Waals surface area contributed by atoms with Crippen molar-refractivity contribution in [1.29, 1.82) is 10.5 Å². The maximum Gasteiger partial charge on any atom is 0.226 e. The van der Waals surface area contributed by atoms with Gasteiger partial charge in [0.05, 0.1) is 17.3 Å². The third kappa shape index (κ3) is 2.92. The van der Waals surface area contributed by atoms with E-state index in [0.717, 1.165) is 11.3 Å². The maximum absolute atomic E-state index is 11.9. The van der Waals surface area contributed by atoms with Gasteiger partial charge in [-0.3, -0.25) is 9.69 Å². The van der Waals surface area contributed by atoms with E-state index in [1.54, 1.807) is 24.4 Å². The van der Waals surface area contributed by atoms with Gasteiger partial charge in [0.15, 0.2) is 0 Å². The summed E-state index contributed by atoms with van der Waals surface area (Å²) in [4.78, 5) is 19.0. The SMILES string of the molecule is CC(=O)N1CCN(C2=CC(C)(C)Oc3ccc(C#N)cc32)/C1=N/C#N. The Morgan fingerprint density at radius 3 is 2.72 bits per heavy atom. The molecule has 0 atom stereocenters. The lowest BCUT2D eigenvalue weighted by atomic mass is 9.97. The van der Waals surface area contributed by atoms with Gasteiger partial charge in [-0.1, -0.05) is 0 Å². The fourth-order valence-corrected chi connectivity index (χ4v) is 3.07. The number of nitrogens with zero attached hydrogens (tertiary/aromatic N) is 5. The standard InChI is InChI=1S/C18H17N5O2/c1-12(24)22-6-7-23(17(22)21-11-20)15-9-18(2,3)25-16-5-4-13(10-19)8-14(15)16/h4-5,8-9H,6-7H2,1-3H3/b21-17+. The highest BCUT2D eigenvalue weighted by Gasteiger charge is 2.37. The lowest BCUT2D eigenvalue weighted by Crippen LogP contribution is -2.38. The lowest BCUT2D eigenvalue weighted by Gasteiger charge is -2.34. The van der Waals surface area contributed by atoms with Gasteiger partial charge in [0.2, 0.25) is 18.1 Å². The van der Waals surface area contributed by atoms with Crippen LogP contribution in [-0.4, -0.2) is 40.4 Å². The minimum Gasteiger partial charge on any atom is -0.483 e. The summed E-state index contributed by atoms with van der Waals surface area (Å²) in [5.41, 5.74) is 1.46. The molecule has 0 aliphatic carbocycles. The van der Waals surface area contributed by atoms with Gasteiger partial charge < -0.3 is 9.64 Å². The largest absolute Gasteiger partial charge is 0.483 e. The second-order valence-corrected chi connectivity index (χ2v) is 6.39. The molecule has 2 aliphatic rings. The van der Waals surface area contributed by atoms with E-state index in [9.17, 15) is 10.1 Å². The number of nitriles is 2. The maximum atomic E-state index is 11.9. The minimum atomic E-state index is -0.572. The van der Waals surface area contributed by atoms with Crippen molar-refractivity contribution in [2.75, 3.05) is 13.1 Å². The molecule has 1 saturated heterocycles. The Bertz CT molecular complexity index is 886. The van der Waals surface area contributed by atoms with Crippen molar-refractivity contribution < 1.29 is 9.53 Å². The first-order chi connectivity index (χ1) is 11.9. The highest BCUT2D eigenvalue weighted by molar-refractivity contribution is 6.02. The molecular weight excluding hydrogens is 318 g/mol. The van der Waals surface area contributed by atoms with Crippen molar-refractivity contribution in [3.05, 3.63) is 35.4 Å². The fraction of sp³-hybridized carbons (Fsp3) is 0.333. The first kappa shape index (κ1) is 16.5. The molecule has 2 heterocycles. The number of hydrogen-bond acceptors (Lipinski definition) is 5. The van der Waals surface area contributed by atoms with Crippen LogP contribution in [-0.2, 0) is 4.79 Å². The van der Waals surface area contributed by atoms with Crippen molar-refractivity contribution in [2.45, 2.75) is 26.4 Å². The quantitative estimate of drug-likeness (QED) is 0.733. The molecule has 1 aromatic carbocycles. The number of guanidine groups is 1. The van der Waals surface area contributed by atoms with Gasteiger partial charge in [-0.25, -0.2) is 0 Å². The van der Waals surface area contributed by atoms with Crippen molar-refractivity contribution in [2.24, 2.45) is 4.99 Å². The number of hydrogen-bond donors (Lipinski definition) is 0. The molecule has 1 fully saturated rings. The average molecular weight is 335 g/mol. The predicted molar refractivity (Wildman–Crippen MR) is 91.0 cm³/mol. The van der Waals surface area contributed by atoms with E-state index in [-0.39, 0.29) is 5.91 Å². The second-order valence-electron chi connectivity index (χ2n) is 6.39. The Morgan fingerprint density at radius 2 is 2.08 bits per heavy atom. The monoisotopic (exact) mass is 335 g/mol. The molecule has 2 aliphatic heterocycles. The zero-order chi connectivity index (χ0) is 18.2. The van der Waals surface area contributed by atoms with Crippen molar-refractivity contribution in [1.82, 2.24) is 9.80 Å². The molecule has 25 heavy (non-hydrogen) atoms. The van der Waals surface area contributed by atoms with Crippen LogP contribution in [0.3, 0.4) is 0 Å². The summed E-state index contributed by atoms with van der Waals surface area (Å²) in [6, 6.07) is 7.34. The van der Waals surface area contributed by atoms with Gasteiger partial charge in [0.1, 0.15) is 11.4 Å². The molecule has 126 valence electrons. The van der Waals surface area contributed by atoms with E-state index in [0.29, 0.717) is 30.4 Å². The van der Waals surface area contributed by atoms with Crippen LogP contribution in [0.25, 0.3) is 5.70 Å². The normalized spacial score (nSPS) is 19.6. The van der Waals surface area contributed by atoms with Crippen LogP contribution in [0.1, 0.15) is 31.9 Å². The highest BCUT2D eigenvalue weighted by atomic mass is 16.5. The number of fused-ring (bicyclic) bond motifs is 1. The summed E-state index contributed by atoms with van der Waals surface area (Å²) in [5.74, 6) is 0.778. The van der Waals surface area contributed by atoms with E-state index in [2.05, 4.69) is 11.1 Å². The van der Waals surface area contributed by atoms with Gasteiger partial charge >= 0.3 is 0 Å². The van der Waals surface area contributed by atoms with Crippen LogP contribution >= 0.6 is 0 Å². The molecule has 0 bridgehead atoms. The van der Waals surface area contributed by atoms with Crippen molar-refractivity contribution in [3.63, 3.8) is 0 Å². The van der Waals surface area contributed by atoms with Crippen LogP contribution in [0.2, 0.25) is 0 Å². The lowest BCUT2D eigenvalue weighted by molar-refractivity contribution is -0.124. The summed E-state index contributed by atoms with van der Waals surface area (Å²) in [5, 5.41) is 18.2. The predicted octanol–water partition coefficient (Wildman–Crippen LogP) is 2.07. The number of ether oxygens (including phenoxy) is 1. The molecule has 1 amide bonds. The van der Waals surface area contributed by atoms with Crippen molar-refractivity contribution in [3.8, 4) is 18.0 Å². The van der Waals surface area contributed by atoms with E-state index in [1.807, 2.05) is 24.8 Å². The zero-order valence-electron chi connectivity index (χ0n) is 14.3. The molecule has 1 aromatic rings. The molecule has 3 rings (SSSR count). The van der Waals surface area contributed by atoms with Crippen LogP contribution in [0.15, 0.2) is 29.3 Å². The van der Waals surface area contributed by atoms with Gasteiger partial charge in [-0.05, 0) is 38.1 Å². The average Bonchev–Trinajstić information content (AvgIpc) is 2.97. The fourth-order valence-electron chi connectivity index (χ4n) is 3.07. The Balaban J connectivity index is 2.14. The third-order valence-corrected chi connectivity index (χ3v) is 4.09. The number of benzene rings is 1. The highest BCUT2D eigenvalue weighted by Crippen LogP contribution is 2.39. The van der Waals surface area contributed by atoms with E-state index < -0.39 is 5.60 Å². The van der Waals surface area contributed by atoms with Crippen LogP contribution in [0.4, 0.5) is 0 Å². The minimum absolute atomic E-state index is 0.172. The Labute approximate surface area is 146 Å². The van der Waals surface area contributed by atoms with Gasteiger partial charge in [-0.2, -0.15) is 10.5 Å². The van der Waals surface area contributed by atoms with Crippen molar-refractivity contribution >= 4 is 17.6 Å². The topological polar surface area (TPSA) is 92.7 Å². The number of rotatable bonds is 1. The van der Waals surface area contributed by atoms with Gasteiger partial charge in [0.25, 0.3) is 0 Å². The summed E-state index contributed by atoms with van der Waals surface area (Å²) < 4.78 is 5.98. The molecule has 0 N–H and O–H groups in total. The van der Waals surface area contributed by atoms with E-state index in [4.69, 9.17) is 10.00 Å². The molecular formula is C18H17N5O2. The van der Waals surface area contributed by atoms with Crippen LogP contribution in [0, 0.1) is 22.8 Å². The summed E-state index contributed by atoms with van der Waals surface area (Å²) in [7, 11) is 0. The van der Waals surface area contributed by atoms with Crippen LogP contribution in [0.5, 0.6) is 5.75 Å². The molecule has 0 radical (unpaired) electrons. The van der Waals surface area contributed by atoms with Gasteiger partial charge in [0, 0.05) is 25.6 Å². The summed E-state index contributed by atoms with van der Waals surface area (Å²) in [6.45, 7) is 6.25. The van der Waals surface area contributed by atoms with E-state index >= 15 is 0 Å². The van der Waals surface area contributed by atoms with Crippen LogP contribution < -0.4 is 4.74 Å². The number of amides is 1. The van der Waals surface area contributed by atoms with Gasteiger partial charge in [-0.15, -0.1) is 4.99 Å². The second kappa shape index (κ2) is 5.95. The Hall–Kier alpha value is -3.32.